The monoisotopic (exact) mass is 498 g/mol. The van der Waals surface area contributed by atoms with E-state index in [-0.39, 0.29) is 11.3 Å². The molecule has 0 heterocycles. The quantitative estimate of drug-likeness (QED) is 0.212. The van der Waals surface area contributed by atoms with Crippen molar-refractivity contribution in [2.24, 2.45) is 5.92 Å². The predicted octanol–water partition coefficient (Wildman–Crippen LogP) is 10.2. The topological polar surface area (TPSA) is 0 Å². The van der Waals surface area contributed by atoms with Crippen molar-refractivity contribution in [1.29, 1.82) is 0 Å². The van der Waals surface area contributed by atoms with Crippen LogP contribution in [0.2, 0.25) is 0 Å². The molecular weight excluding hydrogens is 468 g/mol. The maximum Gasteiger partial charge on any atom is 0.0156 e. The van der Waals surface area contributed by atoms with Crippen LogP contribution in [0.3, 0.4) is 0 Å². The van der Waals surface area contributed by atoms with E-state index in [2.05, 4.69) is 147 Å². The van der Waals surface area contributed by atoms with E-state index in [0.29, 0.717) is 5.92 Å². The van der Waals surface area contributed by atoms with Crippen molar-refractivity contribution in [3.63, 3.8) is 0 Å². The van der Waals surface area contributed by atoms with E-state index >= 15 is 0 Å². The normalized spacial score (nSPS) is 20.6. The molecule has 186 valence electrons. The van der Waals surface area contributed by atoms with Crippen molar-refractivity contribution in [3.05, 3.63) is 161 Å². The number of rotatable bonds is 2. The van der Waals surface area contributed by atoms with Gasteiger partial charge in [-0.1, -0.05) is 147 Å². The van der Waals surface area contributed by atoms with Gasteiger partial charge in [0.25, 0.3) is 0 Å². The van der Waals surface area contributed by atoms with Crippen molar-refractivity contribution < 1.29 is 0 Å². The van der Waals surface area contributed by atoms with Crippen LogP contribution >= 0.6 is 0 Å². The molecule has 0 amide bonds. The molecule has 0 spiro atoms. The zero-order valence-electron chi connectivity index (χ0n) is 22.4. The average molecular weight is 499 g/mol. The molecule has 39 heavy (non-hydrogen) atoms. The third-order valence-corrected chi connectivity index (χ3v) is 9.27. The molecule has 0 radical (unpaired) electrons. The minimum atomic E-state index is -0.0350. The Morgan fingerprint density at radius 1 is 0.590 bits per heavy atom. The maximum atomic E-state index is 2.63. The summed E-state index contributed by atoms with van der Waals surface area (Å²) in [6.45, 7) is 4.80. The van der Waals surface area contributed by atoms with Crippen molar-refractivity contribution in [2.45, 2.75) is 25.2 Å². The number of hydrogen-bond donors (Lipinski definition) is 0. The molecule has 3 aliphatic carbocycles. The molecule has 0 heteroatoms. The van der Waals surface area contributed by atoms with E-state index in [1.807, 2.05) is 0 Å². The fraction of sp³-hybridized carbons (Fsp3) is 0.128. The zero-order valence-corrected chi connectivity index (χ0v) is 22.4. The molecule has 8 rings (SSSR count). The van der Waals surface area contributed by atoms with Crippen molar-refractivity contribution in [3.8, 4) is 11.1 Å². The summed E-state index contributed by atoms with van der Waals surface area (Å²) < 4.78 is 0. The Labute approximate surface area is 230 Å². The Bertz CT molecular complexity index is 1870. The zero-order chi connectivity index (χ0) is 26.1. The highest BCUT2D eigenvalue weighted by molar-refractivity contribution is 6.15. The highest BCUT2D eigenvalue weighted by atomic mass is 14.5. The molecule has 0 N–H and O–H groups in total. The first-order chi connectivity index (χ1) is 19.1. The van der Waals surface area contributed by atoms with E-state index in [1.165, 1.54) is 66.1 Å². The molecule has 0 nitrogen and oxygen atoms in total. The summed E-state index contributed by atoms with van der Waals surface area (Å²) in [5.41, 5.74) is 11.2. The van der Waals surface area contributed by atoms with Gasteiger partial charge in [-0.25, -0.2) is 0 Å². The van der Waals surface area contributed by atoms with Crippen LogP contribution in [0.1, 0.15) is 36.5 Å². The van der Waals surface area contributed by atoms with E-state index in [4.69, 9.17) is 0 Å². The number of allylic oxidation sites excluding steroid dienone is 8. The number of hydrogen-bond acceptors (Lipinski definition) is 0. The van der Waals surface area contributed by atoms with Gasteiger partial charge in [0.15, 0.2) is 0 Å². The van der Waals surface area contributed by atoms with Gasteiger partial charge in [-0.15, -0.1) is 0 Å². The second-order valence-electron chi connectivity index (χ2n) is 11.6. The van der Waals surface area contributed by atoms with Gasteiger partial charge in [0.1, 0.15) is 0 Å². The summed E-state index contributed by atoms with van der Waals surface area (Å²) >= 11 is 0. The van der Waals surface area contributed by atoms with E-state index in [0.717, 1.165) is 0 Å². The first-order valence-electron chi connectivity index (χ1n) is 14.0. The Balaban J connectivity index is 1.47. The van der Waals surface area contributed by atoms with E-state index in [9.17, 15) is 0 Å². The first kappa shape index (κ1) is 22.6. The van der Waals surface area contributed by atoms with Gasteiger partial charge in [-0.2, -0.15) is 0 Å². The molecule has 0 saturated carbocycles. The summed E-state index contributed by atoms with van der Waals surface area (Å²) in [6, 6.07) is 38.1. The molecule has 3 aliphatic rings. The van der Waals surface area contributed by atoms with E-state index in [1.54, 1.807) is 0 Å². The Kier molecular flexibility index (Phi) is 4.79. The van der Waals surface area contributed by atoms with Crippen molar-refractivity contribution in [2.75, 3.05) is 0 Å². The molecule has 0 fully saturated rings. The second kappa shape index (κ2) is 8.29. The molecule has 5 aromatic carbocycles. The highest BCUT2D eigenvalue weighted by Gasteiger charge is 2.44. The first-order valence-corrected chi connectivity index (χ1v) is 14.0. The van der Waals surface area contributed by atoms with Crippen LogP contribution < -0.4 is 0 Å². The molecule has 2 atom stereocenters. The Hall–Kier alpha value is -4.42. The molecule has 0 aliphatic heterocycles. The molecular formula is C39H30. The largest absolute Gasteiger partial charge is 0.0761 e. The van der Waals surface area contributed by atoms with Gasteiger partial charge in [0.2, 0.25) is 0 Å². The molecule has 0 saturated heterocycles. The van der Waals surface area contributed by atoms with Crippen LogP contribution in [0.4, 0.5) is 0 Å². The lowest BCUT2D eigenvalue weighted by Gasteiger charge is -2.36. The van der Waals surface area contributed by atoms with Crippen LogP contribution in [0.25, 0.3) is 38.2 Å². The highest BCUT2D eigenvalue weighted by Crippen LogP contribution is 2.58. The lowest BCUT2D eigenvalue weighted by Crippen LogP contribution is -2.23. The second-order valence-corrected chi connectivity index (χ2v) is 11.6. The molecule has 0 aromatic heterocycles. The number of benzene rings is 5. The summed E-state index contributed by atoms with van der Waals surface area (Å²) in [5.74, 6) is 0.540. The standard InChI is InChI=1S/C39H30/c1-39(2)34-23-13-12-22-32(34)38-27-17-7-6-16-26(27)33(24-35(38)39)37-30-20-10-8-18-28(30)36(25-14-4-3-5-15-25)29-19-9-11-21-31(29)37/h3-24,26,33H,1-2H3. The van der Waals surface area contributed by atoms with Gasteiger partial charge in [-0.3, -0.25) is 0 Å². The van der Waals surface area contributed by atoms with Crippen LogP contribution in [0.15, 0.2) is 145 Å². The van der Waals surface area contributed by atoms with Crippen LogP contribution in [-0.2, 0) is 5.41 Å². The summed E-state index contributed by atoms with van der Waals surface area (Å²) in [5, 5.41) is 5.37. The fourth-order valence-corrected chi connectivity index (χ4v) is 7.56. The third-order valence-electron chi connectivity index (χ3n) is 9.27. The minimum Gasteiger partial charge on any atom is -0.0761 e. The van der Waals surface area contributed by atoms with Gasteiger partial charge in [0.05, 0.1) is 0 Å². The minimum absolute atomic E-state index is 0.0350. The smallest absolute Gasteiger partial charge is 0.0156 e. The summed E-state index contributed by atoms with van der Waals surface area (Å²) in [4.78, 5) is 0. The van der Waals surface area contributed by atoms with Crippen LogP contribution in [0, 0.1) is 5.92 Å². The van der Waals surface area contributed by atoms with Crippen LogP contribution in [0.5, 0.6) is 0 Å². The van der Waals surface area contributed by atoms with Gasteiger partial charge in [-0.05, 0) is 66.1 Å². The summed E-state index contributed by atoms with van der Waals surface area (Å²) in [7, 11) is 0. The van der Waals surface area contributed by atoms with Crippen molar-refractivity contribution >= 4 is 27.1 Å². The summed E-state index contributed by atoms with van der Waals surface area (Å²) in [6.07, 6.45) is 11.9. The molecule has 0 bridgehead atoms. The van der Waals surface area contributed by atoms with Gasteiger partial charge < -0.3 is 0 Å². The van der Waals surface area contributed by atoms with Crippen molar-refractivity contribution in [1.82, 2.24) is 0 Å². The number of fused-ring (bicyclic) bond motifs is 6. The van der Waals surface area contributed by atoms with Gasteiger partial charge in [0, 0.05) is 17.3 Å². The lowest BCUT2D eigenvalue weighted by atomic mass is 9.67. The third kappa shape index (κ3) is 3.12. The maximum absolute atomic E-state index is 2.63. The van der Waals surface area contributed by atoms with E-state index < -0.39 is 0 Å². The molecule has 5 aromatic rings. The SMILES string of the molecule is CC1(C)C2=CC(c3c4ccccc4c(-c4ccccc4)c4ccccc34)C3C=CC=CC3=C2c2ccccc21. The molecule has 2 unspecified atom stereocenters. The van der Waals surface area contributed by atoms with Gasteiger partial charge >= 0.3 is 0 Å². The van der Waals surface area contributed by atoms with Crippen LogP contribution in [-0.4, -0.2) is 0 Å². The Morgan fingerprint density at radius 2 is 1.21 bits per heavy atom. The average Bonchev–Trinajstić information content (AvgIpc) is 3.22. The fourth-order valence-electron chi connectivity index (χ4n) is 7.56. The predicted molar refractivity (Wildman–Crippen MR) is 166 cm³/mol. The Morgan fingerprint density at radius 3 is 1.92 bits per heavy atom. The lowest BCUT2D eigenvalue weighted by molar-refractivity contribution is 0.620.